The molecule has 1 saturated heterocycles. The van der Waals surface area contributed by atoms with Gasteiger partial charge in [0.2, 0.25) is 0 Å². The second kappa shape index (κ2) is 7.02. The lowest BCUT2D eigenvalue weighted by molar-refractivity contribution is -0.0380. The van der Waals surface area contributed by atoms with Crippen molar-refractivity contribution in [3.05, 3.63) is 89.0 Å². The molecule has 1 aromatic heterocycles. The lowest BCUT2D eigenvalue weighted by Crippen LogP contribution is -2.47. The normalized spacial score (nSPS) is 17.8. The zero-order chi connectivity index (χ0) is 19.0. The number of hydrogen-bond acceptors (Lipinski definition) is 4. The van der Waals surface area contributed by atoms with Gasteiger partial charge in [-0.2, -0.15) is 0 Å². The Morgan fingerprint density at radius 3 is 2.25 bits per heavy atom. The van der Waals surface area contributed by atoms with Crippen LogP contribution in [0, 0.1) is 6.92 Å². The minimum absolute atomic E-state index is 0.0436. The molecule has 4 nitrogen and oxygen atoms in total. The van der Waals surface area contributed by atoms with Gasteiger partial charge in [0, 0.05) is 12.1 Å². The molecular weight excluding hydrogens is 348 g/mol. The minimum Gasteiger partial charge on any atom is -0.487 e. The summed E-state index contributed by atoms with van der Waals surface area (Å²) < 4.78 is 11.6. The molecule has 0 spiro atoms. The van der Waals surface area contributed by atoms with Crippen molar-refractivity contribution >= 4 is 0 Å². The first-order valence-corrected chi connectivity index (χ1v) is 9.93. The fraction of sp³-hybridized carbons (Fsp3) is 0.333. The fourth-order valence-electron chi connectivity index (χ4n) is 3.74. The standard InChI is InChI=1S/C24H24N2O2/c1-17-2-6-19(7-3-17)24(15-27-16-24)20-8-10-22(11-9-20)28-14-21-12-13-25-23(26-21)18-4-5-18/h2-3,6-13,18H,4-5,14-16H2,1H3. The maximum Gasteiger partial charge on any atom is 0.131 e. The molecule has 0 atom stereocenters. The number of aryl methyl sites for hydroxylation is 1. The van der Waals surface area contributed by atoms with Crippen LogP contribution in [0.1, 0.15) is 47.0 Å². The first-order chi connectivity index (χ1) is 13.7. The second-order valence-electron chi connectivity index (χ2n) is 7.93. The van der Waals surface area contributed by atoms with Gasteiger partial charge in [-0.1, -0.05) is 42.0 Å². The van der Waals surface area contributed by atoms with Gasteiger partial charge in [-0.25, -0.2) is 9.97 Å². The van der Waals surface area contributed by atoms with Crippen molar-refractivity contribution in [2.45, 2.75) is 37.7 Å². The third kappa shape index (κ3) is 3.29. The summed E-state index contributed by atoms with van der Waals surface area (Å²) in [6, 6.07) is 19.1. The van der Waals surface area contributed by atoms with Crippen molar-refractivity contribution in [3.8, 4) is 5.75 Å². The van der Waals surface area contributed by atoms with E-state index in [9.17, 15) is 0 Å². The van der Waals surface area contributed by atoms with Gasteiger partial charge in [0.25, 0.3) is 0 Å². The molecule has 2 heterocycles. The number of hydrogen-bond donors (Lipinski definition) is 0. The van der Waals surface area contributed by atoms with E-state index >= 15 is 0 Å². The summed E-state index contributed by atoms with van der Waals surface area (Å²) in [6.45, 7) is 4.03. The Hall–Kier alpha value is -2.72. The average Bonchev–Trinajstić information content (AvgIpc) is 3.54. The van der Waals surface area contributed by atoms with E-state index in [1.54, 1.807) is 0 Å². The van der Waals surface area contributed by atoms with Crippen LogP contribution in [0.25, 0.3) is 0 Å². The van der Waals surface area contributed by atoms with Gasteiger partial charge in [0.1, 0.15) is 18.2 Å². The van der Waals surface area contributed by atoms with Crippen LogP contribution in [-0.2, 0) is 16.8 Å². The van der Waals surface area contributed by atoms with Crippen LogP contribution in [0.3, 0.4) is 0 Å². The van der Waals surface area contributed by atoms with E-state index < -0.39 is 0 Å². The van der Waals surface area contributed by atoms with Crippen molar-refractivity contribution < 1.29 is 9.47 Å². The molecule has 1 aliphatic carbocycles. The van der Waals surface area contributed by atoms with Crippen LogP contribution in [-0.4, -0.2) is 23.2 Å². The highest BCUT2D eigenvalue weighted by atomic mass is 16.5. The van der Waals surface area contributed by atoms with Crippen molar-refractivity contribution in [3.63, 3.8) is 0 Å². The number of ether oxygens (including phenoxy) is 2. The zero-order valence-electron chi connectivity index (χ0n) is 16.1. The molecular formula is C24H24N2O2. The lowest BCUT2D eigenvalue weighted by Gasteiger charge is -2.42. The van der Waals surface area contributed by atoms with Gasteiger partial charge in [-0.15, -0.1) is 0 Å². The summed E-state index contributed by atoms with van der Waals surface area (Å²) in [5.41, 5.74) is 4.75. The number of aromatic nitrogens is 2. The van der Waals surface area contributed by atoms with Crippen molar-refractivity contribution in [2.24, 2.45) is 0 Å². The molecule has 28 heavy (non-hydrogen) atoms. The Morgan fingerprint density at radius 2 is 1.64 bits per heavy atom. The molecule has 2 fully saturated rings. The monoisotopic (exact) mass is 372 g/mol. The second-order valence-corrected chi connectivity index (χ2v) is 7.93. The minimum atomic E-state index is -0.0436. The smallest absolute Gasteiger partial charge is 0.131 e. The molecule has 1 aliphatic heterocycles. The van der Waals surface area contributed by atoms with Crippen LogP contribution in [0.2, 0.25) is 0 Å². The first-order valence-electron chi connectivity index (χ1n) is 9.93. The molecule has 0 radical (unpaired) electrons. The highest BCUT2D eigenvalue weighted by Crippen LogP contribution is 2.40. The molecule has 4 heteroatoms. The Bertz CT molecular complexity index is 959. The molecule has 142 valence electrons. The Balaban J connectivity index is 1.30. The molecule has 0 unspecified atom stereocenters. The SMILES string of the molecule is Cc1ccc(C2(c3ccc(OCc4ccnc(C5CC5)n4)cc3)COC2)cc1. The van der Waals surface area contributed by atoms with E-state index in [2.05, 4.69) is 53.3 Å². The van der Waals surface area contributed by atoms with E-state index in [0.717, 1.165) is 30.5 Å². The number of nitrogens with zero attached hydrogens (tertiary/aromatic N) is 2. The van der Waals surface area contributed by atoms with Crippen LogP contribution in [0.15, 0.2) is 60.8 Å². The fourth-order valence-corrected chi connectivity index (χ4v) is 3.74. The summed E-state index contributed by atoms with van der Waals surface area (Å²) in [5.74, 6) is 2.37. The van der Waals surface area contributed by atoms with Gasteiger partial charge in [-0.05, 0) is 49.1 Å². The predicted molar refractivity (Wildman–Crippen MR) is 108 cm³/mol. The first kappa shape index (κ1) is 17.4. The van der Waals surface area contributed by atoms with E-state index in [4.69, 9.17) is 9.47 Å². The van der Waals surface area contributed by atoms with Gasteiger partial charge in [0.05, 0.1) is 24.3 Å². The maximum atomic E-state index is 5.97. The summed E-state index contributed by atoms with van der Waals surface area (Å²) in [6.07, 6.45) is 4.25. The Labute approximate surface area is 165 Å². The zero-order valence-corrected chi connectivity index (χ0v) is 16.1. The average molecular weight is 372 g/mol. The molecule has 5 rings (SSSR count). The van der Waals surface area contributed by atoms with Gasteiger partial charge in [-0.3, -0.25) is 0 Å². The Morgan fingerprint density at radius 1 is 0.964 bits per heavy atom. The van der Waals surface area contributed by atoms with E-state index in [-0.39, 0.29) is 5.41 Å². The molecule has 1 saturated carbocycles. The summed E-state index contributed by atoms with van der Waals surface area (Å²) in [4.78, 5) is 8.99. The van der Waals surface area contributed by atoms with E-state index in [1.165, 1.54) is 29.5 Å². The van der Waals surface area contributed by atoms with Crippen molar-refractivity contribution in [1.29, 1.82) is 0 Å². The van der Waals surface area contributed by atoms with Crippen molar-refractivity contribution in [1.82, 2.24) is 9.97 Å². The Kier molecular flexibility index (Phi) is 4.36. The number of rotatable bonds is 6. The quantitative estimate of drug-likeness (QED) is 0.636. The summed E-state index contributed by atoms with van der Waals surface area (Å²) in [7, 11) is 0. The van der Waals surface area contributed by atoms with Gasteiger partial charge < -0.3 is 9.47 Å². The molecule has 0 N–H and O–H groups in total. The van der Waals surface area contributed by atoms with E-state index in [0.29, 0.717) is 12.5 Å². The molecule has 2 aliphatic rings. The molecule has 0 amide bonds. The number of benzene rings is 2. The maximum absolute atomic E-state index is 5.97. The van der Waals surface area contributed by atoms with Crippen LogP contribution in [0.4, 0.5) is 0 Å². The van der Waals surface area contributed by atoms with Crippen LogP contribution in [0.5, 0.6) is 5.75 Å². The van der Waals surface area contributed by atoms with Crippen LogP contribution < -0.4 is 4.74 Å². The van der Waals surface area contributed by atoms with Gasteiger partial charge in [0.15, 0.2) is 0 Å². The highest BCUT2D eigenvalue weighted by molar-refractivity contribution is 5.44. The van der Waals surface area contributed by atoms with Crippen LogP contribution >= 0.6 is 0 Å². The largest absolute Gasteiger partial charge is 0.487 e. The predicted octanol–water partition coefficient (Wildman–Crippen LogP) is 4.56. The summed E-state index contributed by atoms with van der Waals surface area (Å²) >= 11 is 0. The van der Waals surface area contributed by atoms with Crippen molar-refractivity contribution in [2.75, 3.05) is 13.2 Å². The van der Waals surface area contributed by atoms with Gasteiger partial charge >= 0.3 is 0 Å². The topological polar surface area (TPSA) is 44.2 Å². The molecule has 0 bridgehead atoms. The lowest BCUT2D eigenvalue weighted by atomic mass is 9.73. The third-order valence-corrected chi connectivity index (χ3v) is 5.77. The molecule has 2 aromatic carbocycles. The van der Waals surface area contributed by atoms with E-state index in [1.807, 2.05) is 24.4 Å². The highest BCUT2D eigenvalue weighted by Gasteiger charge is 2.41. The third-order valence-electron chi connectivity index (χ3n) is 5.77. The molecule has 3 aromatic rings. The summed E-state index contributed by atoms with van der Waals surface area (Å²) in [5, 5.41) is 0.